The van der Waals surface area contributed by atoms with Gasteiger partial charge in [-0.05, 0) is 49.3 Å². The molecule has 3 aliphatic carbocycles. The lowest BCUT2D eigenvalue weighted by molar-refractivity contribution is -0.199. The van der Waals surface area contributed by atoms with E-state index < -0.39 is 0 Å². The quantitative estimate of drug-likeness (QED) is 0.710. The van der Waals surface area contributed by atoms with Crippen molar-refractivity contribution in [1.82, 2.24) is 0 Å². The van der Waals surface area contributed by atoms with Gasteiger partial charge in [0.2, 0.25) is 0 Å². The molecular formula is C15H27BO2. The van der Waals surface area contributed by atoms with Crippen LogP contribution in [0.15, 0.2) is 0 Å². The first-order valence-corrected chi connectivity index (χ1v) is 7.67. The van der Waals surface area contributed by atoms with Crippen molar-refractivity contribution in [2.45, 2.75) is 71.9 Å². The van der Waals surface area contributed by atoms with Crippen LogP contribution in [-0.2, 0) is 9.31 Å². The monoisotopic (exact) mass is 250 g/mol. The molecule has 1 aliphatic heterocycles. The molecular weight excluding hydrogens is 223 g/mol. The Labute approximate surface area is 112 Å². The largest absolute Gasteiger partial charge is 0.457 e. The van der Waals surface area contributed by atoms with Crippen LogP contribution in [-0.4, -0.2) is 18.8 Å². The second-order valence-electron chi connectivity index (χ2n) is 7.87. The zero-order valence-electron chi connectivity index (χ0n) is 12.5. The van der Waals surface area contributed by atoms with Gasteiger partial charge in [-0.1, -0.05) is 34.1 Å². The van der Waals surface area contributed by atoms with Crippen molar-refractivity contribution in [3.05, 3.63) is 0 Å². The summed E-state index contributed by atoms with van der Waals surface area (Å²) < 4.78 is 12.6. The molecule has 2 bridgehead atoms. The smallest absolute Gasteiger partial charge is 0.405 e. The van der Waals surface area contributed by atoms with E-state index in [1.807, 2.05) is 0 Å². The second-order valence-corrected chi connectivity index (χ2v) is 7.87. The van der Waals surface area contributed by atoms with E-state index in [-0.39, 0.29) is 12.7 Å². The molecule has 4 rings (SSSR count). The van der Waals surface area contributed by atoms with Gasteiger partial charge in [-0.3, -0.25) is 0 Å². The first kappa shape index (κ1) is 13.0. The van der Waals surface area contributed by atoms with Crippen molar-refractivity contribution in [2.75, 3.05) is 0 Å². The topological polar surface area (TPSA) is 18.5 Å². The van der Waals surface area contributed by atoms with Crippen molar-refractivity contribution in [3.8, 4) is 0 Å². The van der Waals surface area contributed by atoms with Crippen molar-refractivity contribution >= 4 is 7.12 Å². The minimum atomic E-state index is -0.0140. The minimum absolute atomic E-state index is 0.0140. The number of rotatable bonds is 3. The fraction of sp³-hybridized carbons (Fsp3) is 1.00. The molecule has 2 nitrogen and oxygen atoms in total. The summed E-state index contributed by atoms with van der Waals surface area (Å²) in [5.41, 5.74) is 0.446. The van der Waals surface area contributed by atoms with Crippen LogP contribution in [0.1, 0.15) is 53.9 Å². The Balaban J connectivity index is 1.69. The molecule has 0 aromatic carbocycles. The van der Waals surface area contributed by atoms with Crippen LogP contribution in [0.5, 0.6) is 0 Å². The van der Waals surface area contributed by atoms with Crippen LogP contribution in [0, 0.1) is 23.2 Å². The average molecular weight is 250 g/mol. The Morgan fingerprint density at radius 2 is 1.94 bits per heavy atom. The molecule has 102 valence electrons. The highest BCUT2D eigenvalue weighted by Crippen LogP contribution is 2.65. The van der Waals surface area contributed by atoms with E-state index in [9.17, 15) is 0 Å². The summed E-state index contributed by atoms with van der Waals surface area (Å²) in [6.07, 6.45) is 5.16. The van der Waals surface area contributed by atoms with Gasteiger partial charge >= 0.3 is 7.12 Å². The molecule has 0 N–H and O–H groups in total. The molecule has 4 fully saturated rings. The molecule has 18 heavy (non-hydrogen) atoms. The Morgan fingerprint density at radius 3 is 2.56 bits per heavy atom. The Kier molecular flexibility index (Phi) is 2.88. The van der Waals surface area contributed by atoms with Gasteiger partial charge in [0.05, 0.1) is 11.7 Å². The van der Waals surface area contributed by atoms with E-state index in [1.165, 1.54) is 19.3 Å². The standard InChI is InChI=1S/C15H27BO2/c1-10(2)6-7-16-17-13-9-11-8-12(14(11,3)4)15(13,5)18-16/h10-13H,6-9H2,1-5H3/t11-,12?,13+,15-/m0/s1. The molecule has 3 heteroatoms. The molecule has 1 heterocycles. The molecule has 0 spiro atoms. The van der Waals surface area contributed by atoms with Gasteiger partial charge in [-0.25, -0.2) is 0 Å². The third-order valence-corrected chi connectivity index (χ3v) is 5.98. The SMILES string of the molecule is CC(C)CCB1O[C@@H]2C[C@@H]3CC(C3(C)C)[C@]2(C)O1. The Bertz CT molecular complexity index is 341. The molecule has 0 aromatic rings. The first-order valence-electron chi connectivity index (χ1n) is 7.67. The summed E-state index contributed by atoms with van der Waals surface area (Å²) >= 11 is 0. The van der Waals surface area contributed by atoms with Crippen molar-refractivity contribution in [2.24, 2.45) is 23.2 Å². The first-order chi connectivity index (χ1) is 8.34. The maximum Gasteiger partial charge on any atom is 0.457 e. The zero-order chi connectivity index (χ0) is 13.1. The zero-order valence-corrected chi connectivity index (χ0v) is 12.5. The number of hydrogen-bond acceptors (Lipinski definition) is 2. The van der Waals surface area contributed by atoms with E-state index in [0.717, 1.165) is 18.2 Å². The highest BCUT2D eigenvalue weighted by Gasteiger charge is 2.67. The van der Waals surface area contributed by atoms with Crippen molar-refractivity contribution < 1.29 is 9.31 Å². The second kappa shape index (κ2) is 3.99. The minimum Gasteiger partial charge on any atom is -0.405 e. The summed E-state index contributed by atoms with van der Waals surface area (Å²) in [6.45, 7) is 11.7. The Hall–Kier alpha value is -0.0151. The molecule has 4 aliphatic rings. The van der Waals surface area contributed by atoms with Crippen LogP contribution in [0.4, 0.5) is 0 Å². The lowest BCUT2D eigenvalue weighted by Gasteiger charge is -2.64. The van der Waals surface area contributed by atoms with Crippen molar-refractivity contribution in [3.63, 3.8) is 0 Å². The fourth-order valence-corrected chi connectivity index (χ4v) is 4.54. The van der Waals surface area contributed by atoms with E-state index in [0.29, 0.717) is 17.4 Å². The van der Waals surface area contributed by atoms with Crippen LogP contribution in [0.2, 0.25) is 6.32 Å². The Morgan fingerprint density at radius 1 is 1.22 bits per heavy atom. The average Bonchev–Trinajstić information content (AvgIpc) is 2.61. The fourth-order valence-electron chi connectivity index (χ4n) is 4.54. The highest BCUT2D eigenvalue weighted by molar-refractivity contribution is 6.45. The van der Waals surface area contributed by atoms with E-state index in [1.54, 1.807) is 0 Å². The predicted octanol–water partition coefficient (Wildman–Crippen LogP) is 3.76. The summed E-state index contributed by atoms with van der Waals surface area (Å²) in [4.78, 5) is 0. The molecule has 0 radical (unpaired) electrons. The predicted molar refractivity (Wildman–Crippen MR) is 74.4 cm³/mol. The lowest BCUT2D eigenvalue weighted by atomic mass is 9.43. The van der Waals surface area contributed by atoms with Gasteiger partial charge in [0.1, 0.15) is 0 Å². The van der Waals surface area contributed by atoms with E-state index in [4.69, 9.17) is 9.31 Å². The maximum absolute atomic E-state index is 6.37. The van der Waals surface area contributed by atoms with Gasteiger partial charge in [0, 0.05) is 0 Å². The maximum atomic E-state index is 6.37. The van der Waals surface area contributed by atoms with Gasteiger partial charge in [0.15, 0.2) is 0 Å². The molecule has 1 saturated heterocycles. The highest BCUT2D eigenvalue weighted by atomic mass is 16.7. The normalized spacial score (nSPS) is 45.0. The van der Waals surface area contributed by atoms with Crippen LogP contribution >= 0.6 is 0 Å². The third-order valence-electron chi connectivity index (χ3n) is 5.98. The summed E-state index contributed by atoms with van der Waals surface area (Å²) in [6, 6.07) is 0. The number of hydrogen-bond donors (Lipinski definition) is 0. The summed E-state index contributed by atoms with van der Waals surface area (Å²) in [7, 11) is 0.0533. The van der Waals surface area contributed by atoms with E-state index >= 15 is 0 Å². The van der Waals surface area contributed by atoms with Gasteiger partial charge in [-0.15, -0.1) is 0 Å². The summed E-state index contributed by atoms with van der Waals surface area (Å²) in [5.74, 6) is 2.28. The van der Waals surface area contributed by atoms with Gasteiger partial charge in [0.25, 0.3) is 0 Å². The molecule has 0 amide bonds. The van der Waals surface area contributed by atoms with Crippen LogP contribution in [0.3, 0.4) is 0 Å². The van der Waals surface area contributed by atoms with Crippen LogP contribution in [0.25, 0.3) is 0 Å². The molecule has 1 unspecified atom stereocenters. The molecule has 0 aromatic heterocycles. The van der Waals surface area contributed by atoms with Crippen LogP contribution < -0.4 is 0 Å². The summed E-state index contributed by atoms with van der Waals surface area (Å²) in [5, 5.41) is 0. The van der Waals surface area contributed by atoms with Gasteiger partial charge in [-0.2, -0.15) is 0 Å². The lowest BCUT2D eigenvalue weighted by Crippen LogP contribution is -2.65. The molecule has 3 saturated carbocycles. The molecule has 4 atom stereocenters. The van der Waals surface area contributed by atoms with Gasteiger partial charge < -0.3 is 9.31 Å². The third kappa shape index (κ3) is 1.70. The van der Waals surface area contributed by atoms with Crippen molar-refractivity contribution in [1.29, 1.82) is 0 Å². The van der Waals surface area contributed by atoms with E-state index in [2.05, 4.69) is 34.6 Å².